The Kier molecular flexibility index (Phi) is 5.65. The zero-order valence-electron chi connectivity index (χ0n) is 16.9. The number of thioether (sulfide) groups is 1. The second kappa shape index (κ2) is 8.12. The van der Waals surface area contributed by atoms with Crippen molar-refractivity contribution < 1.29 is 13.2 Å². The molecular formula is C22H18F3N3OS2. The largest absolute Gasteiger partial charge is 0.431 e. The van der Waals surface area contributed by atoms with E-state index in [-0.39, 0.29) is 10.2 Å². The lowest BCUT2D eigenvalue weighted by molar-refractivity contribution is -0.143. The van der Waals surface area contributed by atoms with Gasteiger partial charge < -0.3 is 4.57 Å². The van der Waals surface area contributed by atoms with Crippen molar-refractivity contribution in [2.45, 2.75) is 24.9 Å². The van der Waals surface area contributed by atoms with Gasteiger partial charge in [-0.25, -0.2) is 9.97 Å². The molecule has 4 aromatic rings. The van der Waals surface area contributed by atoms with Crippen molar-refractivity contribution in [3.8, 4) is 22.0 Å². The van der Waals surface area contributed by atoms with E-state index in [0.717, 1.165) is 51.9 Å². The first-order valence-corrected chi connectivity index (χ1v) is 11.3. The fourth-order valence-electron chi connectivity index (χ4n) is 3.20. The monoisotopic (exact) mass is 461 g/mol. The molecule has 0 N–H and O–H groups in total. The number of thiazole rings is 1. The van der Waals surface area contributed by atoms with E-state index in [9.17, 15) is 18.0 Å². The summed E-state index contributed by atoms with van der Waals surface area (Å²) in [6, 6.07) is 12.7. The van der Waals surface area contributed by atoms with E-state index in [1.165, 1.54) is 0 Å². The van der Waals surface area contributed by atoms with Crippen LogP contribution in [-0.4, -0.2) is 20.3 Å². The third kappa shape index (κ3) is 4.12. The number of hydrogen-bond acceptors (Lipinski definition) is 5. The number of halogens is 3. The molecule has 0 saturated carbocycles. The highest BCUT2D eigenvalue weighted by Gasteiger charge is 2.35. The van der Waals surface area contributed by atoms with Gasteiger partial charge in [-0.15, -0.1) is 23.1 Å². The Bertz CT molecular complexity index is 1330. The number of benzene rings is 1. The predicted molar refractivity (Wildman–Crippen MR) is 120 cm³/mol. The van der Waals surface area contributed by atoms with E-state index >= 15 is 0 Å². The molecular weight excluding hydrogens is 443 g/mol. The molecule has 31 heavy (non-hydrogen) atoms. The van der Waals surface area contributed by atoms with Gasteiger partial charge in [0.2, 0.25) is 0 Å². The maximum absolute atomic E-state index is 13.3. The number of aromatic nitrogens is 3. The van der Waals surface area contributed by atoms with E-state index < -0.39 is 17.4 Å². The van der Waals surface area contributed by atoms with Gasteiger partial charge in [0, 0.05) is 17.5 Å². The lowest BCUT2D eigenvalue weighted by Crippen LogP contribution is -2.24. The van der Waals surface area contributed by atoms with Crippen LogP contribution in [0.15, 0.2) is 52.2 Å². The lowest BCUT2D eigenvalue weighted by Gasteiger charge is -2.10. The first kappa shape index (κ1) is 21.6. The van der Waals surface area contributed by atoms with Crippen LogP contribution in [0.4, 0.5) is 13.2 Å². The summed E-state index contributed by atoms with van der Waals surface area (Å²) in [5.41, 5.74) is 1.66. The third-order valence-corrected chi connectivity index (χ3v) is 6.78. The molecule has 1 aromatic carbocycles. The maximum atomic E-state index is 13.3. The summed E-state index contributed by atoms with van der Waals surface area (Å²) in [7, 11) is 1.12. The predicted octanol–water partition coefficient (Wildman–Crippen LogP) is 6.16. The molecule has 0 radical (unpaired) electrons. The van der Waals surface area contributed by atoms with Gasteiger partial charge in [-0.1, -0.05) is 36.8 Å². The molecule has 0 bridgehead atoms. The topological polar surface area (TPSA) is 47.8 Å². The molecule has 0 amide bonds. The highest BCUT2D eigenvalue weighted by atomic mass is 32.2. The summed E-state index contributed by atoms with van der Waals surface area (Å²) in [5.74, 6) is 0.795. The van der Waals surface area contributed by atoms with E-state index in [0.29, 0.717) is 15.3 Å². The van der Waals surface area contributed by atoms with Crippen LogP contribution in [0.5, 0.6) is 0 Å². The summed E-state index contributed by atoms with van der Waals surface area (Å²) >= 11 is 2.64. The normalized spacial score (nSPS) is 11.9. The first-order chi connectivity index (χ1) is 14.7. The van der Waals surface area contributed by atoms with Gasteiger partial charge in [-0.3, -0.25) is 4.79 Å². The molecule has 0 aliphatic rings. The molecule has 0 spiro atoms. The second-order valence-corrected chi connectivity index (χ2v) is 9.27. The number of nitrogens with zero attached hydrogens (tertiary/aromatic N) is 3. The van der Waals surface area contributed by atoms with Crippen LogP contribution < -0.4 is 5.56 Å². The van der Waals surface area contributed by atoms with Gasteiger partial charge in [-0.05, 0) is 30.9 Å². The Morgan fingerprint density at radius 3 is 2.45 bits per heavy atom. The van der Waals surface area contributed by atoms with Gasteiger partial charge in [0.05, 0.1) is 11.2 Å². The summed E-state index contributed by atoms with van der Waals surface area (Å²) in [5, 5.41) is 0.427. The number of fused-ring (bicyclic) bond motifs is 1. The number of hydrogen-bond donors (Lipinski definition) is 0. The number of rotatable bonds is 4. The summed E-state index contributed by atoms with van der Waals surface area (Å²) in [6.07, 6.45) is -4.64. The zero-order valence-corrected chi connectivity index (χ0v) is 18.6. The van der Waals surface area contributed by atoms with Crippen LogP contribution in [0, 0.1) is 6.92 Å². The quantitative estimate of drug-likeness (QED) is 0.341. The van der Waals surface area contributed by atoms with Crippen LogP contribution >= 0.6 is 23.1 Å². The van der Waals surface area contributed by atoms with E-state index in [2.05, 4.69) is 4.98 Å². The second-order valence-electron chi connectivity index (χ2n) is 6.97. The van der Waals surface area contributed by atoms with E-state index in [4.69, 9.17) is 4.98 Å². The molecule has 0 fully saturated rings. The van der Waals surface area contributed by atoms with Crippen LogP contribution in [0.25, 0.3) is 32.2 Å². The standard InChI is InChI=1S/C22H18F3N3OS2/c1-4-30-16-10-9-14(13-7-5-12(2)6-8-13)26-18(16)20-27-15-11-17(22(23,24)25)28(3)21(29)19(15)31-20/h5-11H,4H2,1-3H3. The van der Waals surface area contributed by atoms with Crippen LogP contribution in [0.1, 0.15) is 18.2 Å². The minimum absolute atomic E-state index is 0.0328. The first-order valence-electron chi connectivity index (χ1n) is 9.48. The smallest absolute Gasteiger partial charge is 0.306 e. The molecule has 0 unspecified atom stereocenters. The van der Waals surface area contributed by atoms with Crippen molar-refractivity contribution >= 4 is 33.3 Å². The van der Waals surface area contributed by atoms with Crippen molar-refractivity contribution in [3.63, 3.8) is 0 Å². The van der Waals surface area contributed by atoms with E-state index in [1.807, 2.05) is 50.2 Å². The maximum Gasteiger partial charge on any atom is 0.431 e. The molecule has 0 aliphatic heterocycles. The van der Waals surface area contributed by atoms with Gasteiger partial charge in [0.25, 0.3) is 5.56 Å². The van der Waals surface area contributed by atoms with Gasteiger partial charge in [0.1, 0.15) is 21.1 Å². The average Bonchev–Trinajstić information content (AvgIpc) is 3.15. The molecule has 0 aliphatic carbocycles. The van der Waals surface area contributed by atoms with Crippen molar-refractivity contribution in [2.75, 3.05) is 5.75 Å². The zero-order chi connectivity index (χ0) is 22.3. The van der Waals surface area contributed by atoms with E-state index in [1.54, 1.807) is 11.8 Å². The number of alkyl halides is 3. The van der Waals surface area contributed by atoms with Crippen molar-refractivity contribution in [3.05, 3.63) is 64.1 Å². The van der Waals surface area contributed by atoms with Crippen LogP contribution in [-0.2, 0) is 13.2 Å². The Hall–Kier alpha value is -2.65. The minimum atomic E-state index is -4.64. The Morgan fingerprint density at radius 2 is 1.81 bits per heavy atom. The van der Waals surface area contributed by atoms with Crippen molar-refractivity contribution in [2.24, 2.45) is 7.05 Å². The molecule has 9 heteroatoms. The number of pyridine rings is 2. The summed E-state index contributed by atoms with van der Waals surface area (Å²) in [4.78, 5) is 22.6. The fourth-order valence-corrected chi connectivity index (χ4v) is 5.04. The third-order valence-electron chi connectivity index (χ3n) is 4.79. The molecule has 0 saturated heterocycles. The fraction of sp³-hybridized carbons (Fsp3) is 0.227. The minimum Gasteiger partial charge on any atom is -0.306 e. The Balaban J connectivity index is 1.91. The van der Waals surface area contributed by atoms with Crippen molar-refractivity contribution in [1.29, 1.82) is 0 Å². The Labute approximate surface area is 184 Å². The van der Waals surface area contributed by atoms with Crippen molar-refractivity contribution in [1.82, 2.24) is 14.5 Å². The van der Waals surface area contributed by atoms with Crippen LogP contribution in [0.2, 0.25) is 0 Å². The SMILES string of the molecule is CCSc1ccc(-c2ccc(C)cc2)nc1-c1nc2cc(C(F)(F)F)n(C)c(=O)c2s1. The molecule has 160 valence electrons. The number of aryl methyl sites for hydroxylation is 1. The van der Waals surface area contributed by atoms with Gasteiger partial charge in [0.15, 0.2) is 0 Å². The summed E-state index contributed by atoms with van der Waals surface area (Å²) in [6.45, 7) is 4.01. The molecule has 3 aromatic heterocycles. The highest BCUT2D eigenvalue weighted by Crippen LogP contribution is 2.37. The van der Waals surface area contributed by atoms with Crippen LogP contribution in [0.3, 0.4) is 0 Å². The molecule has 4 rings (SSSR count). The highest BCUT2D eigenvalue weighted by molar-refractivity contribution is 7.99. The lowest BCUT2D eigenvalue weighted by atomic mass is 10.1. The van der Waals surface area contributed by atoms with Gasteiger partial charge >= 0.3 is 6.18 Å². The molecule has 0 atom stereocenters. The summed E-state index contributed by atoms with van der Waals surface area (Å²) < 4.78 is 40.8. The molecule has 4 nitrogen and oxygen atoms in total. The molecule has 3 heterocycles. The average molecular weight is 462 g/mol. The van der Waals surface area contributed by atoms with Gasteiger partial charge in [-0.2, -0.15) is 13.2 Å². The Morgan fingerprint density at radius 1 is 1.10 bits per heavy atom.